The van der Waals surface area contributed by atoms with E-state index in [-0.39, 0.29) is 0 Å². The lowest BCUT2D eigenvalue weighted by molar-refractivity contribution is -0.138. The van der Waals surface area contributed by atoms with Gasteiger partial charge in [0.1, 0.15) is 0 Å². The molecule has 0 spiro atoms. The van der Waals surface area contributed by atoms with E-state index in [2.05, 4.69) is 0 Å². The molecule has 0 aliphatic rings. The molecular weight excluding hydrogens is 256 g/mol. The van der Waals surface area contributed by atoms with Gasteiger partial charge in [0.2, 0.25) is 0 Å². The largest absolute Gasteiger partial charge is 0.463 e. The van der Waals surface area contributed by atoms with E-state index in [0.29, 0.717) is 13.2 Å². The Morgan fingerprint density at radius 1 is 0.900 bits per heavy atom. The van der Waals surface area contributed by atoms with E-state index in [4.69, 9.17) is 9.47 Å². The van der Waals surface area contributed by atoms with Gasteiger partial charge in [-0.15, -0.1) is 0 Å². The van der Waals surface area contributed by atoms with Crippen molar-refractivity contribution in [2.75, 3.05) is 13.2 Å². The van der Waals surface area contributed by atoms with Gasteiger partial charge in [0.25, 0.3) is 0 Å². The molecule has 0 saturated heterocycles. The van der Waals surface area contributed by atoms with Crippen molar-refractivity contribution in [3.8, 4) is 0 Å². The molecule has 1 rings (SSSR count). The molecule has 106 valence electrons. The Labute approximate surface area is 118 Å². The summed E-state index contributed by atoms with van der Waals surface area (Å²) in [7, 11) is 0. The number of benzene rings is 1. The van der Waals surface area contributed by atoms with Crippen molar-refractivity contribution < 1.29 is 19.1 Å². The summed E-state index contributed by atoms with van der Waals surface area (Å²) in [5.41, 5.74) is 1.64. The maximum Gasteiger partial charge on any atom is 0.330 e. The molecule has 0 radical (unpaired) electrons. The topological polar surface area (TPSA) is 52.6 Å². The fourth-order valence-electron chi connectivity index (χ4n) is 1.51. The Bertz CT molecular complexity index is 468. The zero-order valence-corrected chi connectivity index (χ0v) is 11.7. The molecule has 0 bridgehead atoms. The van der Waals surface area contributed by atoms with Gasteiger partial charge < -0.3 is 9.47 Å². The van der Waals surface area contributed by atoms with E-state index in [1.807, 2.05) is 24.3 Å². The number of hydrogen-bond acceptors (Lipinski definition) is 4. The molecule has 0 heterocycles. The first-order valence-electron chi connectivity index (χ1n) is 6.46. The van der Waals surface area contributed by atoms with Gasteiger partial charge in [-0.25, -0.2) is 9.59 Å². The molecule has 0 amide bonds. The number of hydrogen-bond donors (Lipinski definition) is 0. The molecule has 1 aromatic rings. The van der Waals surface area contributed by atoms with E-state index in [1.54, 1.807) is 26.0 Å². The van der Waals surface area contributed by atoms with Crippen LogP contribution in [-0.4, -0.2) is 25.2 Å². The second kappa shape index (κ2) is 8.69. The molecule has 0 aromatic heterocycles. The first-order valence-corrected chi connectivity index (χ1v) is 6.46. The third-order valence-electron chi connectivity index (χ3n) is 2.37. The van der Waals surface area contributed by atoms with Crippen molar-refractivity contribution in [3.05, 3.63) is 47.5 Å². The average Bonchev–Trinajstić information content (AvgIpc) is 2.44. The zero-order valence-electron chi connectivity index (χ0n) is 11.7. The first kappa shape index (κ1) is 15.7. The summed E-state index contributed by atoms with van der Waals surface area (Å²) in [6.45, 7) is 4.19. The Kier molecular flexibility index (Phi) is 6.82. The van der Waals surface area contributed by atoms with Crippen LogP contribution in [0.5, 0.6) is 0 Å². The number of esters is 2. The Hall–Kier alpha value is -2.36. The quantitative estimate of drug-likeness (QED) is 0.591. The minimum absolute atomic E-state index is 0.341. The standard InChI is InChI=1S/C16H18O4/c1-3-19-15(17)11-9-13-7-5-6-8-14(13)10-12-16(18)20-4-2/h5-12H,3-4H2,1-2H3/b11-9+,12-10+. The van der Waals surface area contributed by atoms with Crippen LogP contribution in [0.3, 0.4) is 0 Å². The third kappa shape index (κ3) is 5.52. The van der Waals surface area contributed by atoms with Gasteiger partial charge in [0.15, 0.2) is 0 Å². The summed E-state index contributed by atoms with van der Waals surface area (Å²) in [4.78, 5) is 22.6. The molecule has 0 aliphatic carbocycles. The van der Waals surface area contributed by atoms with Crippen LogP contribution < -0.4 is 0 Å². The van der Waals surface area contributed by atoms with Gasteiger partial charge in [0, 0.05) is 12.2 Å². The lowest BCUT2D eigenvalue weighted by atomic mass is 10.1. The Morgan fingerprint density at radius 2 is 1.30 bits per heavy atom. The van der Waals surface area contributed by atoms with E-state index in [9.17, 15) is 9.59 Å². The minimum Gasteiger partial charge on any atom is -0.463 e. The van der Waals surface area contributed by atoms with Crippen LogP contribution in [0.15, 0.2) is 36.4 Å². The van der Waals surface area contributed by atoms with Crippen LogP contribution in [-0.2, 0) is 19.1 Å². The monoisotopic (exact) mass is 274 g/mol. The molecule has 0 atom stereocenters. The second-order valence-corrected chi connectivity index (χ2v) is 3.80. The van der Waals surface area contributed by atoms with Crippen molar-refractivity contribution in [2.24, 2.45) is 0 Å². The van der Waals surface area contributed by atoms with Crippen LogP contribution in [0.1, 0.15) is 25.0 Å². The summed E-state index contributed by atoms with van der Waals surface area (Å²) in [5.74, 6) is -0.784. The Balaban J connectivity index is 2.83. The van der Waals surface area contributed by atoms with Gasteiger partial charge >= 0.3 is 11.9 Å². The molecule has 20 heavy (non-hydrogen) atoms. The van der Waals surface area contributed by atoms with E-state index < -0.39 is 11.9 Å². The molecule has 0 aliphatic heterocycles. The molecular formula is C16H18O4. The summed E-state index contributed by atoms with van der Waals surface area (Å²) >= 11 is 0. The van der Waals surface area contributed by atoms with Crippen molar-refractivity contribution in [1.29, 1.82) is 0 Å². The lowest BCUT2D eigenvalue weighted by Gasteiger charge is -2.01. The highest BCUT2D eigenvalue weighted by Crippen LogP contribution is 2.13. The van der Waals surface area contributed by atoms with Gasteiger partial charge in [-0.2, -0.15) is 0 Å². The van der Waals surface area contributed by atoms with Crippen LogP contribution >= 0.6 is 0 Å². The molecule has 0 saturated carbocycles. The van der Waals surface area contributed by atoms with Crippen molar-refractivity contribution >= 4 is 24.1 Å². The summed E-state index contributed by atoms with van der Waals surface area (Å²) in [5, 5.41) is 0. The van der Waals surface area contributed by atoms with Crippen molar-refractivity contribution in [2.45, 2.75) is 13.8 Å². The minimum atomic E-state index is -0.392. The predicted molar refractivity (Wildman–Crippen MR) is 77.8 cm³/mol. The fourth-order valence-corrected chi connectivity index (χ4v) is 1.51. The van der Waals surface area contributed by atoms with Crippen LogP contribution in [0.4, 0.5) is 0 Å². The summed E-state index contributed by atoms with van der Waals surface area (Å²) in [6, 6.07) is 7.40. The number of ether oxygens (including phenoxy) is 2. The maximum absolute atomic E-state index is 11.3. The zero-order chi connectivity index (χ0) is 14.8. The normalized spacial score (nSPS) is 10.9. The first-order chi connectivity index (χ1) is 9.67. The maximum atomic E-state index is 11.3. The highest BCUT2D eigenvalue weighted by Gasteiger charge is 1.99. The molecule has 4 heteroatoms. The average molecular weight is 274 g/mol. The van der Waals surface area contributed by atoms with Crippen molar-refractivity contribution in [3.63, 3.8) is 0 Å². The van der Waals surface area contributed by atoms with Gasteiger partial charge in [-0.05, 0) is 37.1 Å². The smallest absolute Gasteiger partial charge is 0.330 e. The van der Waals surface area contributed by atoms with Gasteiger partial charge in [-0.1, -0.05) is 24.3 Å². The molecule has 0 N–H and O–H groups in total. The lowest BCUT2D eigenvalue weighted by Crippen LogP contribution is -1.99. The molecule has 0 fully saturated rings. The van der Waals surface area contributed by atoms with Crippen LogP contribution in [0, 0.1) is 0 Å². The highest BCUT2D eigenvalue weighted by atomic mass is 16.5. The van der Waals surface area contributed by atoms with Crippen LogP contribution in [0.2, 0.25) is 0 Å². The summed E-state index contributed by atoms with van der Waals surface area (Å²) < 4.78 is 9.63. The van der Waals surface area contributed by atoms with Gasteiger partial charge in [-0.3, -0.25) is 0 Å². The molecule has 0 unspecified atom stereocenters. The third-order valence-corrected chi connectivity index (χ3v) is 2.37. The molecule has 1 aromatic carbocycles. The predicted octanol–water partition coefficient (Wildman–Crippen LogP) is 2.84. The van der Waals surface area contributed by atoms with Crippen LogP contribution in [0.25, 0.3) is 12.2 Å². The van der Waals surface area contributed by atoms with Crippen molar-refractivity contribution in [1.82, 2.24) is 0 Å². The fraction of sp³-hybridized carbons (Fsp3) is 0.250. The van der Waals surface area contributed by atoms with E-state index in [1.165, 1.54) is 12.2 Å². The summed E-state index contributed by atoms with van der Waals surface area (Å²) in [6.07, 6.45) is 6.03. The second-order valence-electron chi connectivity index (χ2n) is 3.80. The highest BCUT2D eigenvalue weighted by molar-refractivity contribution is 5.90. The van der Waals surface area contributed by atoms with Gasteiger partial charge in [0.05, 0.1) is 13.2 Å². The Morgan fingerprint density at radius 3 is 1.65 bits per heavy atom. The SMILES string of the molecule is CCOC(=O)/C=C/c1ccccc1/C=C/C(=O)OCC. The molecule has 4 nitrogen and oxygen atoms in total. The van der Waals surface area contributed by atoms with E-state index >= 15 is 0 Å². The number of rotatable bonds is 6. The number of carbonyl (C=O) groups excluding carboxylic acids is 2. The number of carbonyl (C=O) groups is 2. The van der Waals surface area contributed by atoms with E-state index in [0.717, 1.165) is 11.1 Å².